The monoisotopic (exact) mass is 245 g/mol. The molecule has 0 aliphatic rings. The van der Waals surface area contributed by atoms with Crippen LogP contribution >= 0.6 is 11.3 Å². The van der Waals surface area contributed by atoms with Crippen LogP contribution in [0.25, 0.3) is 0 Å². The molecule has 1 aromatic carbocycles. The van der Waals surface area contributed by atoms with Gasteiger partial charge in [0.05, 0.1) is 6.04 Å². The van der Waals surface area contributed by atoms with Crippen LogP contribution in [0.4, 0.5) is 0 Å². The average Bonchev–Trinajstić information content (AvgIpc) is 2.69. The molecule has 0 fully saturated rings. The average molecular weight is 245 g/mol. The highest BCUT2D eigenvalue weighted by Gasteiger charge is 2.15. The standard InChI is InChI=1S/C15H19NS/c1-10-5-6-14(11(2)7-10)15(16-4)13-8-12(3)17-9-13/h5-9,15-16H,1-4H3. The lowest BCUT2D eigenvalue weighted by Gasteiger charge is -2.18. The van der Waals surface area contributed by atoms with E-state index in [9.17, 15) is 0 Å². The SMILES string of the molecule is CNC(c1csc(C)c1)c1ccc(C)cc1C. The predicted octanol–water partition coefficient (Wildman–Crippen LogP) is 3.98. The number of hydrogen-bond donors (Lipinski definition) is 1. The molecule has 17 heavy (non-hydrogen) atoms. The summed E-state index contributed by atoms with van der Waals surface area (Å²) < 4.78 is 0. The van der Waals surface area contributed by atoms with E-state index in [0.717, 1.165) is 0 Å². The minimum atomic E-state index is 0.306. The largest absolute Gasteiger partial charge is 0.309 e. The van der Waals surface area contributed by atoms with Crippen LogP contribution < -0.4 is 5.32 Å². The third kappa shape index (κ3) is 2.59. The third-order valence-corrected chi connectivity index (χ3v) is 3.99. The number of nitrogens with one attached hydrogen (secondary N) is 1. The summed E-state index contributed by atoms with van der Waals surface area (Å²) in [6, 6.07) is 9.25. The molecule has 0 amide bonds. The normalized spacial score (nSPS) is 12.7. The minimum Gasteiger partial charge on any atom is -0.309 e. The molecule has 90 valence electrons. The van der Waals surface area contributed by atoms with E-state index in [-0.39, 0.29) is 0 Å². The van der Waals surface area contributed by atoms with E-state index in [1.54, 1.807) is 0 Å². The zero-order valence-electron chi connectivity index (χ0n) is 10.9. The van der Waals surface area contributed by atoms with Crippen molar-refractivity contribution in [2.45, 2.75) is 26.8 Å². The Labute approximate surface area is 108 Å². The molecule has 1 N–H and O–H groups in total. The summed E-state index contributed by atoms with van der Waals surface area (Å²) >= 11 is 1.81. The van der Waals surface area contributed by atoms with Crippen molar-refractivity contribution in [2.24, 2.45) is 0 Å². The highest BCUT2D eigenvalue weighted by atomic mass is 32.1. The lowest BCUT2D eigenvalue weighted by atomic mass is 9.95. The van der Waals surface area contributed by atoms with Gasteiger partial charge in [0.2, 0.25) is 0 Å². The van der Waals surface area contributed by atoms with Gasteiger partial charge >= 0.3 is 0 Å². The second-order valence-corrected chi connectivity index (χ2v) is 5.69. The van der Waals surface area contributed by atoms with Gasteiger partial charge in [-0.25, -0.2) is 0 Å². The topological polar surface area (TPSA) is 12.0 Å². The van der Waals surface area contributed by atoms with Gasteiger partial charge < -0.3 is 5.32 Å². The van der Waals surface area contributed by atoms with E-state index in [4.69, 9.17) is 0 Å². The first kappa shape index (κ1) is 12.3. The number of benzene rings is 1. The van der Waals surface area contributed by atoms with Crippen LogP contribution in [0.2, 0.25) is 0 Å². The zero-order chi connectivity index (χ0) is 12.4. The maximum atomic E-state index is 3.41. The quantitative estimate of drug-likeness (QED) is 0.862. The first-order valence-electron chi connectivity index (χ1n) is 5.91. The Kier molecular flexibility index (Phi) is 3.65. The van der Waals surface area contributed by atoms with E-state index in [1.165, 1.54) is 27.1 Å². The van der Waals surface area contributed by atoms with Crippen molar-refractivity contribution in [2.75, 3.05) is 7.05 Å². The molecule has 1 unspecified atom stereocenters. The van der Waals surface area contributed by atoms with Crippen molar-refractivity contribution in [1.82, 2.24) is 5.32 Å². The van der Waals surface area contributed by atoms with Crippen LogP contribution in [-0.2, 0) is 0 Å². The van der Waals surface area contributed by atoms with Gasteiger partial charge in [-0.3, -0.25) is 0 Å². The third-order valence-electron chi connectivity index (χ3n) is 3.11. The Bertz CT molecular complexity index is 513. The summed E-state index contributed by atoms with van der Waals surface area (Å²) in [5.74, 6) is 0. The number of hydrogen-bond acceptors (Lipinski definition) is 2. The Morgan fingerprint density at radius 1 is 1.12 bits per heavy atom. The van der Waals surface area contributed by atoms with Crippen LogP contribution in [0.1, 0.15) is 33.2 Å². The van der Waals surface area contributed by atoms with Crippen LogP contribution in [0.15, 0.2) is 29.6 Å². The highest BCUT2D eigenvalue weighted by Crippen LogP contribution is 2.28. The van der Waals surface area contributed by atoms with Crippen LogP contribution in [0, 0.1) is 20.8 Å². The Morgan fingerprint density at radius 3 is 2.41 bits per heavy atom. The van der Waals surface area contributed by atoms with Gasteiger partial charge in [-0.05, 0) is 56.0 Å². The molecule has 0 bridgehead atoms. The maximum Gasteiger partial charge on any atom is 0.0585 e. The fourth-order valence-corrected chi connectivity index (χ4v) is 3.00. The molecule has 1 heterocycles. The molecule has 0 radical (unpaired) electrons. The van der Waals surface area contributed by atoms with E-state index < -0.39 is 0 Å². The molecule has 0 aliphatic heterocycles. The Hall–Kier alpha value is -1.12. The Balaban J connectivity index is 2.42. The van der Waals surface area contributed by atoms with Gasteiger partial charge in [0.15, 0.2) is 0 Å². The van der Waals surface area contributed by atoms with Crippen molar-refractivity contribution in [3.63, 3.8) is 0 Å². The van der Waals surface area contributed by atoms with Gasteiger partial charge in [0, 0.05) is 4.88 Å². The maximum absolute atomic E-state index is 3.41. The van der Waals surface area contributed by atoms with Gasteiger partial charge in [-0.15, -0.1) is 11.3 Å². The summed E-state index contributed by atoms with van der Waals surface area (Å²) in [5, 5.41) is 5.66. The second-order valence-electron chi connectivity index (χ2n) is 4.57. The first-order chi connectivity index (χ1) is 8.11. The molecule has 2 aromatic rings. The van der Waals surface area contributed by atoms with Gasteiger partial charge in [-0.1, -0.05) is 23.8 Å². The molecule has 2 heteroatoms. The Morgan fingerprint density at radius 2 is 1.88 bits per heavy atom. The molecular weight excluding hydrogens is 226 g/mol. The van der Waals surface area contributed by atoms with E-state index >= 15 is 0 Å². The summed E-state index contributed by atoms with van der Waals surface area (Å²) in [4.78, 5) is 1.37. The van der Waals surface area contributed by atoms with Gasteiger partial charge in [0.25, 0.3) is 0 Å². The van der Waals surface area contributed by atoms with Crippen LogP contribution in [-0.4, -0.2) is 7.05 Å². The molecule has 1 aromatic heterocycles. The minimum absolute atomic E-state index is 0.306. The van der Waals surface area contributed by atoms with E-state index in [1.807, 2.05) is 18.4 Å². The molecular formula is C15H19NS. The van der Waals surface area contributed by atoms with Crippen LogP contribution in [0.3, 0.4) is 0 Å². The molecule has 0 aliphatic carbocycles. The number of rotatable bonds is 3. The molecule has 0 saturated carbocycles. The van der Waals surface area contributed by atoms with Crippen LogP contribution in [0.5, 0.6) is 0 Å². The molecule has 1 atom stereocenters. The van der Waals surface area contributed by atoms with Crippen molar-refractivity contribution < 1.29 is 0 Å². The lowest BCUT2D eigenvalue weighted by molar-refractivity contribution is 0.689. The van der Waals surface area contributed by atoms with E-state index in [0.29, 0.717) is 6.04 Å². The number of aryl methyl sites for hydroxylation is 3. The highest BCUT2D eigenvalue weighted by molar-refractivity contribution is 7.10. The second kappa shape index (κ2) is 5.03. The number of thiophene rings is 1. The van der Waals surface area contributed by atoms with Crippen molar-refractivity contribution in [3.05, 3.63) is 56.8 Å². The summed E-state index contributed by atoms with van der Waals surface area (Å²) in [7, 11) is 2.02. The van der Waals surface area contributed by atoms with Gasteiger partial charge in [0.1, 0.15) is 0 Å². The van der Waals surface area contributed by atoms with Gasteiger partial charge in [-0.2, -0.15) is 0 Å². The fourth-order valence-electron chi connectivity index (χ4n) is 2.27. The smallest absolute Gasteiger partial charge is 0.0585 e. The fraction of sp³-hybridized carbons (Fsp3) is 0.333. The molecule has 1 nitrogen and oxygen atoms in total. The summed E-state index contributed by atoms with van der Waals surface area (Å²) in [5.41, 5.74) is 5.41. The van der Waals surface area contributed by atoms with Crippen molar-refractivity contribution in [3.8, 4) is 0 Å². The summed E-state index contributed by atoms with van der Waals surface area (Å²) in [6.45, 7) is 6.48. The van der Waals surface area contributed by atoms with Crippen molar-refractivity contribution in [1.29, 1.82) is 0 Å². The zero-order valence-corrected chi connectivity index (χ0v) is 11.7. The first-order valence-corrected chi connectivity index (χ1v) is 6.79. The predicted molar refractivity (Wildman–Crippen MR) is 75.9 cm³/mol. The summed E-state index contributed by atoms with van der Waals surface area (Å²) in [6.07, 6.45) is 0. The molecule has 0 spiro atoms. The van der Waals surface area contributed by atoms with Crippen molar-refractivity contribution >= 4 is 11.3 Å². The molecule has 0 saturated heterocycles. The van der Waals surface area contributed by atoms with E-state index in [2.05, 4.69) is 55.7 Å². The lowest BCUT2D eigenvalue weighted by Crippen LogP contribution is -2.18. The molecule has 2 rings (SSSR count).